The Balaban J connectivity index is 1.89. The van der Waals surface area contributed by atoms with Crippen molar-refractivity contribution in [1.82, 2.24) is 10.2 Å². The predicted molar refractivity (Wildman–Crippen MR) is 76.0 cm³/mol. The molecule has 0 spiro atoms. The summed E-state index contributed by atoms with van der Waals surface area (Å²) in [5, 5.41) is 12.7. The molecule has 0 aromatic heterocycles. The number of carbonyl (C=O) groups is 1. The maximum Gasteiger partial charge on any atom is 0.239 e. The Kier molecular flexibility index (Phi) is 5.81. The number of nitrogens with zero attached hydrogens (tertiary/aromatic N) is 2. The van der Waals surface area contributed by atoms with Crippen LogP contribution in [0.3, 0.4) is 0 Å². The van der Waals surface area contributed by atoms with Crippen LogP contribution in [0.15, 0.2) is 0 Å². The van der Waals surface area contributed by atoms with E-state index in [4.69, 9.17) is 4.74 Å². The zero-order valence-corrected chi connectivity index (χ0v) is 12.3. The van der Waals surface area contributed by atoms with Crippen LogP contribution >= 0.6 is 0 Å². The second-order valence-corrected chi connectivity index (χ2v) is 5.81. The lowest BCUT2D eigenvalue weighted by Crippen LogP contribution is -2.52. The molecule has 5 nitrogen and oxygen atoms in total. The summed E-state index contributed by atoms with van der Waals surface area (Å²) in [6.45, 7) is 4.52. The molecule has 1 aliphatic carbocycles. The molecule has 1 saturated carbocycles. The van der Waals surface area contributed by atoms with Crippen LogP contribution in [0.5, 0.6) is 0 Å². The molecule has 2 fully saturated rings. The average Bonchev–Trinajstić information content (AvgIpc) is 2.72. The Bertz CT molecular complexity index is 361. The number of rotatable bonds is 3. The number of hydrogen-bond donors (Lipinski definition) is 1. The van der Waals surface area contributed by atoms with Gasteiger partial charge in [-0.05, 0) is 19.8 Å². The van der Waals surface area contributed by atoms with E-state index < -0.39 is 0 Å². The van der Waals surface area contributed by atoms with Gasteiger partial charge in [-0.3, -0.25) is 4.79 Å². The van der Waals surface area contributed by atoms with Gasteiger partial charge < -0.3 is 15.0 Å². The van der Waals surface area contributed by atoms with E-state index in [1.165, 1.54) is 6.42 Å². The van der Waals surface area contributed by atoms with Gasteiger partial charge >= 0.3 is 0 Å². The summed E-state index contributed by atoms with van der Waals surface area (Å²) in [5.74, 6) is 0.173. The topological polar surface area (TPSA) is 65.4 Å². The summed E-state index contributed by atoms with van der Waals surface area (Å²) in [6.07, 6.45) is 5.42. The van der Waals surface area contributed by atoms with E-state index in [0.29, 0.717) is 26.3 Å². The van der Waals surface area contributed by atoms with Crippen LogP contribution in [0.1, 0.15) is 39.0 Å². The molecule has 1 aliphatic heterocycles. The van der Waals surface area contributed by atoms with E-state index in [1.54, 1.807) is 0 Å². The third-order valence-electron chi connectivity index (χ3n) is 4.34. The van der Waals surface area contributed by atoms with Gasteiger partial charge in [-0.1, -0.05) is 19.3 Å². The number of ether oxygens (including phenoxy) is 1. The van der Waals surface area contributed by atoms with Crippen LogP contribution in [0.4, 0.5) is 0 Å². The highest BCUT2D eigenvalue weighted by Crippen LogP contribution is 2.23. The molecule has 1 amide bonds. The highest BCUT2D eigenvalue weighted by molar-refractivity contribution is 5.81. The fourth-order valence-corrected chi connectivity index (χ4v) is 3.11. The van der Waals surface area contributed by atoms with Gasteiger partial charge in [-0.15, -0.1) is 0 Å². The van der Waals surface area contributed by atoms with Crippen LogP contribution in [0.2, 0.25) is 0 Å². The maximum absolute atomic E-state index is 12.4. The molecule has 1 N–H and O–H groups in total. The summed E-state index contributed by atoms with van der Waals surface area (Å²) in [4.78, 5) is 14.2. The lowest BCUT2D eigenvalue weighted by Gasteiger charge is -2.31. The molecule has 0 bridgehead atoms. The molecule has 0 aromatic rings. The van der Waals surface area contributed by atoms with E-state index in [0.717, 1.165) is 25.7 Å². The smallest absolute Gasteiger partial charge is 0.239 e. The second kappa shape index (κ2) is 7.61. The van der Waals surface area contributed by atoms with Crippen molar-refractivity contribution in [2.45, 2.75) is 51.1 Å². The SMILES string of the molecule is CC(NC1CCCCCC1C#N)C(=O)N1CCOCC1. The Labute approximate surface area is 121 Å². The minimum absolute atomic E-state index is 0.0393. The van der Waals surface area contributed by atoms with Crippen molar-refractivity contribution in [2.75, 3.05) is 26.3 Å². The van der Waals surface area contributed by atoms with E-state index in [1.807, 2.05) is 11.8 Å². The number of nitriles is 1. The third kappa shape index (κ3) is 3.94. The van der Waals surface area contributed by atoms with Crippen molar-refractivity contribution in [3.63, 3.8) is 0 Å². The Hall–Kier alpha value is -1.12. The minimum Gasteiger partial charge on any atom is -0.378 e. The fraction of sp³-hybridized carbons (Fsp3) is 0.867. The van der Waals surface area contributed by atoms with Gasteiger partial charge in [0.05, 0.1) is 31.2 Å². The largest absolute Gasteiger partial charge is 0.378 e. The van der Waals surface area contributed by atoms with Crippen molar-refractivity contribution < 1.29 is 9.53 Å². The fourth-order valence-electron chi connectivity index (χ4n) is 3.11. The van der Waals surface area contributed by atoms with Gasteiger partial charge in [0.15, 0.2) is 0 Å². The van der Waals surface area contributed by atoms with Gasteiger partial charge in [0.25, 0.3) is 0 Å². The molecule has 20 heavy (non-hydrogen) atoms. The minimum atomic E-state index is -0.216. The van der Waals surface area contributed by atoms with Crippen molar-refractivity contribution in [2.24, 2.45) is 5.92 Å². The molecule has 112 valence electrons. The van der Waals surface area contributed by atoms with Crippen molar-refractivity contribution in [1.29, 1.82) is 5.26 Å². The zero-order valence-electron chi connectivity index (χ0n) is 12.3. The number of nitrogens with one attached hydrogen (secondary N) is 1. The maximum atomic E-state index is 12.4. The van der Waals surface area contributed by atoms with E-state index >= 15 is 0 Å². The quantitative estimate of drug-likeness (QED) is 0.791. The number of morpholine rings is 1. The predicted octanol–water partition coefficient (Wildman–Crippen LogP) is 1.30. The summed E-state index contributed by atoms with van der Waals surface area (Å²) in [6, 6.07) is 2.35. The van der Waals surface area contributed by atoms with Gasteiger partial charge in [0.1, 0.15) is 0 Å². The molecule has 5 heteroatoms. The van der Waals surface area contributed by atoms with Gasteiger partial charge in [0, 0.05) is 19.1 Å². The summed E-state index contributed by atoms with van der Waals surface area (Å²) in [7, 11) is 0. The van der Waals surface area contributed by atoms with Crippen LogP contribution in [-0.4, -0.2) is 49.2 Å². The second-order valence-electron chi connectivity index (χ2n) is 5.81. The molecule has 2 aliphatic rings. The van der Waals surface area contributed by atoms with Crippen LogP contribution in [-0.2, 0) is 9.53 Å². The van der Waals surface area contributed by atoms with Crippen LogP contribution in [0, 0.1) is 17.2 Å². The van der Waals surface area contributed by atoms with Gasteiger partial charge in [-0.2, -0.15) is 5.26 Å². The van der Waals surface area contributed by atoms with Crippen molar-refractivity contribution >= 4 is 5.91 Å². The molecular formula is C15H25N3O2. The summed E-state index contributed by atoms with van der Waals surface area (Å²) < 4.78 is 5.27. The highest BCUT2D eigenvalue weighted by atomic mass is 16.5. The Morgan fingerprint density at radius 2 is 2.00 bits per heavy atom. The number of amides is 1. The first-order valence-electron chi connectivity index (χ1n) is 7.74. The molecule has 1 heterocycles. The normalized spacial score (nSPS) is 29.3. The lowest BCUT2D eigenvalue weighted by molar-refractivity contribution is -0.137. The number of carbonyl (C=O) groups excluding carboxylic acids is 1. The highest BCUT2D eigenvalue weighted by Gasteiger charge is 2.29. The molecule has 2 rings (SSSR count). The van der Waals surface area contributed by atoms with Gasteiger partial charge in [-0.25, -0.2) is 0 Å². The molecule has 0 radical (unpaired) electrons. The first-order valence-corrected chi connectivity index (χ1v) is 7.74. The average molecular weight is 279 g/mol. The van der Waals surface area contributed by atoms with Gasteiger partial charge in [0.2, 0.25) is 5.91 Å². The third-order valence-corrected chi connectivity index (χ3v) is 4.34. The lowest BCUT2D eigenvalue weighted by atomic mass is 9.95. The Morgan fingerprint density at radius 1 is 1.30 bits per heavy atom. The van der Waals surface area contributed by atoms with E-state index in [2.05, 4.69) is 11.4 Å². The first kappa shape index (κ1) is 15.3. The standard InChI is InChI=1S/C15H25N3O2/c1-12(15(19)18-7-9-20-10-8-18)17-14-6-4-2-3-5-13(14)11-16/h12-14,17H,2-10H2,1H3. The van der Waals surface area contributed by atoms with E-state index in [9.17, 15) is 10.1 Å². The van der Waals surface area contributed by atoms with Crippen LogP contribution < -0.4 is 5.32 Å². The molecule has 0 aromatic carbocycles. The van der Waals surface area contributed by atoms with E-state index in [-0.39, 0.29) is 23.9 Å². The molecular weight excluding hydrogens is 254 g/mol. The first-order chi connectivity index (χ1) is 9.72. The Morgan fingerprint density at radius 3 is 2.70 bits per heavy atom. The van der Waals surface area contributed by atoms with Crippen molar-refractivity contribution in [3.8, 4) is 6.07 Å². The number of hydrogen-bond acceptors (Lipinski definition) is 4. The summed E-state index contributed by atoms with van der Waals surface area (Å²) in [5.41, 5.74) is 0. The molecule has 3 atom stereocenters. The zero-order chi connectivity index (χ0) is 14.4. The molecule has 1 saturated heterocycles. The summed E-state index contributed by atoms with van der Waals surface area (Å²) >= 11 is 0. The van der Waals surface area contributed by atoms with Crippen LogP contribution in [0.25, 0.3) is 0 Å². The van der Waals surface area contributed by atoms with Crippen molar-refractivity contribution in [3.05, 3.63) is 0 Å². The monoisotopic (exact) mass is 279 g/mol. The molecule has 3 unspecified atom stereocenters.